The topological polar surface area (TPSA) is 116 Å². The summed E-state index contributed by atoms with van der Waals surface area (Å²) in [5.41, 5.74) is -1.25. The summed E-state index contributed by atoms with van der Waals surface area (Å²) in [6.45, 7) is 2.03. The number of carbonyl (C=O) groups excluding carboxylic acids is 2. The number of hydrogen-bond donors (Lipinski definition) is 3. The first-order valence-electron chi connectivity index (χ1n) is 9.93. The summed E-state index contributed by atoms with van der Waals surface area (Å²) < 4.78 is 56.0. The molecular weight excluding hydrogens is 452 g/mol. The normalized spacial score (nSPS) is 16.1. The molecule has 0 radical (unpaired) electrons. The number of rotatable bonds is 9. The molecular formula is C21H24F4N2O6. The zero-order valence-electron chi connectivity index (χ0n) is 18.0. The van der Waals surface area contributed by atoms with Crippen LogP contribution in [-0.2, 0) is 20.9 Å². The maximum atomic E-state index is 14.4. The van der Waals surface area contributed by atoms with E-state index < -0.39 is 59.6 Å². The van der Waals surface area contributed by atoms with Crippen LogP contribution in [0.5, 0.6) is 5.75 Å². The molecule has 1 aliphatic heterocycles. The summed E-state index contributed by atoms with van der Waals surface area (Å²) in [6.07, 6.45) is -5.81. The van der Waals surface area contributed by atoms with Gasteiger partial charge in [-0.3, -0.25) is 14.4 Å². The number of amides is 2. The maximum Gasteiger partial charge on any atom is 0.389 e. The highest BCUT2D eigenvalue weighted by Gasteiger charge is 2.42. The molecule has 12 heteroatoms. The molecule has 1 heterocycles. The lowest BCUT2D eigenvalue weighted by Gasteiger charge is -2.42. The van der Waals surface area contributed by atoms with Crippen molar-refractivity contribution in [3.05, 3.63) is 40.9 Å². The molecule has 2 amide bonds. The molecule has 0 spiro atoms. The number of benzene rings is 1. The zero-order valence-corrected chi connectivity index (χ0v) is 18.0. The van der Waals surface area contributed by atoms with Crippen molar-refractivity contribution in [2.45, 2.75) is 51.4 Å². The molecule has 33 heavy (non-hydrogen) atoms. The van der Waals surface area contributed by atoms with Gasteiger partial charge in [0.25, 0.3) is 11.8 Å². The molecule has 0 unspecified atom stereocenters. The Balaban J connectivity index is 2.13. The van der Waals surface area contributed by atoms with Gasteiger partial charge in [-0.1, -0.05) is 6.07 Å². The Kier molecular flexibility index (Phi) is 7.93. The van der Waals surface area contributed by atoms with E-state index in [4.69, 9.17) is 9.84 Å². The lowest BCUT2D eigenvalue weighted by atomic mass is 9.88. The van der Waals surface area contributed by atoms with E-state index in [1.54, 1.807) is 13.8 Å². The van der Waals surface area contributed by atoms with Gasteiger partial charge in [0.05, 0.1) is 6.61 Å². The lowest BCUT2D eigenvalue weighted by Crippen LogP contribution is -2.53. The minimum Gasteiger partial charge on any atom is -0.511 e. The Morgan fingerprint density at radius 3 is 2.52 bits per heavy atom. The van der Waals surface area contributed by atoms with Gasteiger partial charge in [-0.2, -0.15) is 13.2 Å². The second kappa shape index (κ2) is 10.1. The van der Waals surface area contributed by atoms with E-state index >= 15 is 0 Å². The van der Waals surface area contributed by atoms with E-state index in [2.05, 4.69) is 0 Å². The van der Waals surface area contributed by atoms with Gasteiger partial charge in [0.1, 0.15) is 17.9 Å². The van der Waals surface area contributed by atoms with E-state index in [0.29, 0.717) is 5.56 Å². The zero-order chi connectivity index (χ0) is 25.0. The summed E-state index contributed by atoms with van der Waals surface area (Å²) >= 11 is 0. The molecule has 3 N–H and O–H groups in total. The van der Waals surface area contributed by atoms with Crippen molar-refractivity contribution in [3.8, 4) is 5.75 Å². The summed E-state index contributed by atoms with van der Waals surface area (Å²) in [5.74, 6) is -4.80. The van der Waals surface area contributed by atoms with Crippen molar-refractivity contribution in [1.82, 2.24) is 10.2 Å². The molecule has 0 bridgehead atoms. The number of aliphatic hydroxyl groups is 1. The standard InChI is InChI=1S/C21H24F4N2O6/c1-20(2)9-14(28)17(18(31)26-10-16(29)30)19(32)27(20)11-12-4-5-15(13(22)8-12)33-7-3-6-21(23,24)25/h4-5,8,28H,3,6-7,9-11H2,1-2H3,(H,26,31)(H,29,30). The van der Waals surface area contributed by atoms with Gasteiger partial charge in [0.15, 0.2) is 11.6 Å². The van der Waals surface area contributed by atoms with Crippen LogP contribution in [0, 0.1) is 5.82 Å². The van der Waals surface area contributed by atoms with Crippen LogP contribution in [0.4, 0.5) is 17.6 Å². The second-order valence-corrected chi connectivity index (χ2v) is 8.11. The first-order chi connectivity index (χ1) is 15.2. The van der Waals surface area contributed by atoms with Crippen LogP contribution >= 0.6 is 0 Å². The van der Waals surface area contributed by atoms with E-state index in [1.165, 1.54) is 17.0 Å². The Morgan fingerprint density at radius 2 is 1.94 bits per heavy atom. The van der Waals surface area contributed by atoms with Crippen LogP contribution in [0.15, 0.2) is 29.5 Å². The van der Waals surface area contributed by atoms with Gasteiger partial charge >= 0.3 is 12.1 Å². The third kappa shape index (κ3) is 7.09. The van der Waals surface area contributed by atoms with Gasteiger partial charge in [-0.05, 0) is 38.0 Å². The molecule has 0 saturated carbocycles. The maximum absolute atomic E-state index is 14.4. The number of nitrogens with one attached hydrogen (secondary N) is 1. The number of carboxylic acids is 1. The van der Waals surface area contributed by atoms with Gasteiger partial charge in [-0.15, -0.1) is 0 Å². The summed E-state index contributed by atoms with van der Waals surface area (Å²) in [7, 11) is 0. The third-order valence-electron chi connectivity index (χ3n) is 4.90. The fourth-order valence-electron chi connectivity index (χ4n) is 3.28. The minimum absolute atomic E-state index is 0.0998. The van der Waals surface area contributed by atoms with Gasteiger partial charge in [0, 0.05) is 24.9 Å². The molecule has 2 rings (SSSR count). The largest absolute Gasteiger partial charge is 0.511 e. The number of aliphatic carboxylic acids is 1. The van der Waals surface area contributed by atoms with Crippen LogP contribution in [0.1, 0.15) is 38.7 Å². The first kappa shape index (κ1) is 25.9. The quantitative estimate of drug-likeness (QED) is 0.287. The van der Waals surface area contributed by atoms with Crippen LogP contribution in [0.25, 0.3) is 0 Å². The Hall–Kier alpha value is -3.31. The Bertz CT molecular complexity index is 959. The fraction of sp³-hybridized carbons (Fsp3) is 0.476. The minimum atomic E-state index is -4.33. The second-order valence-electron chi connectivity index (χ2n) is 8.11. The van der Waals surface area contributed by atoms with Crippen molar-refractivity contribution < 1.29 is 46.9 Å². The summed E-state index contributed by atoms with van der Waals surface area (Å²) in [4.78, 5) is 37.1. The smallest absolute Gasteiger partial charge is 0.389 e. The summed E-state index contributed by atoms with van der Waals surface area (Å²) in [5, 5.41) is 20.9. The number of carbonyl (C=O) groups is 3. The number of ether oxygens (including phenoxy) is 1. The number of alkyl halides is 3. The van der Waals surface area contributed by atoms with Gasteiger partial charge in [0.2, 0.25) is 0 Å². The number of halogens is 4. The third-order valence-corrected chi connectivity index (χ3v) is 4.90. The lowest BCUT2D eigenvalue weighted by molar-refractivity contribution is -0.140. The van der Waals surface area contributed by atoms with E-state index in [0.717, 1.165) is 6.07 Å². The molecule has 0 saturated heterocycles. The highest BCUT2D eigenvalue weighted by atomic mass is 19.4. The fourth-order valence-corrected chi connectivity index (χ4v) is 3.28. The van der Waals surface area contributed by atoms with Crippen molar-refractivity contribution in [2.75, 3.05) is 13.2 Å². The Morgan fingerprint density at radius 1 is 1.27 bits per heavy atom. The molecule has 0 aliphatic carbocycles. The van der Waals surface area contributed by atoms with Gasteiger partial charge in [-0.25, -0.2) is 4.39 Å². The number of hydrogen-bond acceptors (Lipinski definition) is 5. The van der Waals surface area contributed by atoms with Crippen molar-refractivity contribution in [2.24, 2.45) is 0 Å². The van der Waals surface area contributed by atoms with E-state index in [1.807, 2.05) is 5.32 Å². The molecule has 8 nitrogen and oxygen atoms in total. The molecule has 1 aromatic rings. The van der Waals surface area contributed by atoms with Crippen LogP contribution in [0.2, 0.25) is 0 Å². The highest BCUT2D eigenvalue weighted by Crippen LogP contribution is 2.33. The van der Waals surface area contributed by atoms with Crippen molar-refractivity contribution >= 4 is 17.8 Å². The number of carboxylic acid groups (broad SMARTS) is 1. The molecule has 0 aromatic heterocycles. The van der Waals surface area contributed by atoms with Crippen LogP contribution in [-0.4, -0.2) is 57.8 Å². The number of aliphatic hydroxyl groups excluding tert-OH is 1. The molecule has 1 aromatic carbocycles. The SMILES string of the molecule is CC1(C)CC(O)=C(C(=O)NCC(=O)O)C(=O)N1Cc1ccc(OCCCC(F)(F)F)c(F)c1. The highest BCUT2D eigenvalue weighted by molar-refractivity contribution is 6.19. The summed E-state index contributed by atoms with van der Waals surface area (Å²) in [6, 6.07) is 3.71. The average molecular weight is 476 g/mol. The predicted molar refractivity (Wildman–Crippen MR) is 107 cm³/mol. The van der Waals surface area contributed by atoms with Crippen molar-refractivity contribution in [1.29, 1.82) is 0 Å². The molecule has 182 valence electrons. The monoisotopic (exact) mass is 476 g/mol. The molecule has 1 aliphatic rings. The van der Waals surface area contributed by atoms with Gasteiger partial charge < -0.3 is 25.2 Å². The average Bonchev–Trinajstić information content (AvgIpc) is 2.66. The predicted octanol–water partition coefficient (Wildman–Crippen LogP) is 3.07. The van der Waals surface area contributed by atoms with Crippen LogP contribution < -0.4 is 10.1 Å². The van der Waals surface area contributed by atoms with Crippen LogP contribution in [0.3, 0.4) is 0 Å². The Labute approximate surface area is 186 Å². The number of nitrogens with zero attached hydrogens (tertiary/aromatic N) is 1. The molecule has 0 fully saturated rings. The van der Waals surface area contributed by atoms with E-state index in [-0.39, 0.29) is 31.7 Å². The molecule has 0 atom stereocenters. The van der Waals surface area contributed by atoms with E-state index in [9.17, 15) is 37.1 Å². The van der Waals surface area contributed by atoms with Crippen molar-refractivity contribution in [3.63, 3.8) is 0 Å². The first-order valence-corrected chi connectivity index (χ1v) is 9.93.